The fourth-order valence-electron chi connectivity index (χ4n) is 3.28. The molecule has 156 valence electrons. The van der Waals surface area contributed by atoms with Gasteiger partial charge in [0.1, 0.15) is 5.70 Å². The van der Waals surface area contributed by atoms with E-state index in [4.69, 9.17) is 9.47 Å². The first-order chi connectivity index (χ1) is 14.4. The number of para-hydroxylation sites is 1. The number of nitrogens with zero attached hydrogens (tertiary/aromatic N) is 1. The van der Waals surface area contributed by atoms with E-state index in [1.807, 2.05) is 6.07 Å². The van der Waals surface area contributed by atoms with Crippen LogP contribution in [0.5, 0.6) is 0 Å². The van der Waals surface area contributed by atoms with Crippen LogP contribution < -0.4 is 10.2 Å². The number of rotatable bonds is 7. The van der Waals surface area contributed by atoms with Crippen molar-refractivity contribution in [1.82, 2.24) is 0 Å². The van der Waals surface area contributed by atoms with Gasteiger partial charge in [-0.1, -0.05) is 18.2 Å². The molecule has 0 saturated heterocycles. The summed E-state index contributed by atoms with van der Waals surface area (Å²) >= 11 is 0. The van der Waals surface area contributed by atoms with Gasteiger partial charge in [0.05, 0.1) is 18.8 Å². The van der Waals surface area contributed by atoms with Crippen LogP contribution in [0.1, 0.15) is 31.1 Å². The zero-order valence-electron chi connectivity index (χ0n) is 17.2. The first-order valence-electron chi connectivity index (χ1n) is 9.74. The van der Waals surface area contributed by atoms with Crippen molar-refractivity contribution >= 4 is 29.2 Å². The zero-order valence-corrected chi connectivity index (χ0v) is 17.2. The lowest BCUT2D eigenvalue weighted by atomic mass is 10.0. The molecule has 1 aliphatic heterocycles. The third kappa shape index (κ3) is 4.05. The summed E-state index contributed by atoms with van der Waals surface area (Å²) < 4.78 is 10.2. The molecule has 0 radical (unpaired) electrons. The van der Waals surface area contributed by atoms with Crippen molar-refractivity contribution in [2.45, 2.75) is 26.3 Å². The summed E-state index contributed by atoms with van der Waals surface area (Å²) in [5.74, 6) is -1.28. The fourth-order valence-corrected chi connectivity index (χ4v) is 3.28. The second-order valence-electron chi connectivity index (χ2n) is 6.82. The Bertz CT molecular complexity index is 969. The molecule has 3 rings (SSSR count). The lowest BCUT2D eigenvalue weighted by Gasteiger charge is -2.32. The van der Waals surface area contributed by atoms with Gasteiger partial charge >= 0.3 is 11.9 Å². The van der Waals surface area contributed by atoms with Gasteiger partial charge in [-0.05, 0) is 63.2 Å². The van der Waals surface area contributed by atoms with E-state index in [9.17, 15) is 14.4 Å². The van der Waals surface area contributed by atoms with Gasteiger partial charge < -0.3 is 14.8 Å². The van der Waals surface area contributed by atoms with E-state index in [0.717, 1.165) is 0 Å². The van der Waals surface area contributed by atoms with Gasteiger partial charge in [-0.2, -0.15) is 0 Å². The van der Waals surface area contributed by atoms with Gasteiger partial charge in [0.2, 0.25) is 0 Å². The number of carbonyl (C=O) groups excluding carboxylic acids is 3. The van der Waals surface area contributed by atoms with Gasteiger partial charge in [0.25, 0.3) is 5.91 Å². The molecule has 0 spiro atoms. The number of hydrogen-bond acceptors (Lipinski definition) is 6. The summed E-state index contributed by atoms with van der Waals surface area (Å²) in [5, 5.41) is 3.05. The van der Waals surface area contributed by atoms with E-state index >= 15 is 0 Å². The summed E-state index contributed by atoms with van der Waals surface area (Å²) in [6.45, 7) is 5.61. The van der Waals surface area contributed by atoms with E-state index in [-0.39, 0.29) is 18.2 Å². The highest BCUT2D eigenvalue weighted by Crippen LogP contribution is 2.35. The summed E-state index contributed by atoms with van der Waals surface area (Å²) in [4.78, 5) is 39.2. The molecule has 1 aliphatic rings. The largest absolute Gasteiger partial charge is 0.464 e. The van der Waals surface area contributed by atoms with E-state index in [1.54, 1.807) is 75.4 Å². The van der Waals surface area contributed by atoms with Crippen LogP contribution in [0.4, 0.5) is 11.4 Å². The maximum atomic E-state index is 13.2. The number of hydrogen-bond donors (Lipinski definition) is 1. The van der Waals surface area contributed by atoms with E-state index in [2.05, 4.69) is 5.32 Å². The van der Waals surface area contributed by atoms with Crippen molar-refractivity contribution in [2.24, 2.45) is 0 Å². The predicted molar refractivity (Wildman–Crippen MR) is 113 cm³/mol. The average Bonchev–Trinajstić information content (AvgIpc) is 3.00. The van der Waals surface area contributed by atoms with Crippen LogP contribution >= 0.6 is 0 Å². The number of ether oxygens (including phenoxy) is 2. The molecule has 0 aromatic heterocycles. The Morgan fingerprint density at radius 2 is 1.60 bits per heavy atom. The first-order valence-corrected chi connectivity index (χ1v) is 9.74. The Labute approximate surface area is 175 Å². The van der Waals surface area contributed by atoms with Crippen LogP contribution in [0.15, 0.2) is 66.4 Å². The Balaban J connectivity index is 1.90. The smallest absolute Gasteiger partial charge is 0.338 e. The van der Waals surface area contributed by atoms with Crippen molar-refractivity contribution < 1.29 is 23.9 Å². The van der Waals surface area contributed by atoms with Crippen molar-refractivity contribution in [3.63, 3.8) is 0 Å². The topological polar surface area (TPSA) is 84.9 Å². The van der Waals surface area contributed by atoms with Crippen LogP contribution in [0, 0.1) is 0 Å². The number of carbonyl (C=O) groups is 3. The van der Waals surface area contributed by atoms with Crippen molar-refractivity contribution in [2.75, 3.05) is 23.4 Å². The zero-order chi connectivity index (χ0) is 21.7. The van der Waals surface area contributed by atoms with Crippen molar-refractivity contribution in [1.29, 1.82) is 0 Å². The molecule has 0 aliphatic carbocycles. The van der Waals surface area contributed by atoms with Crippen LogP contribution in [0.2, 0.25) is 0 Å². The van der Waals surface area contributed by atoms with Crippen LogP contribution in [0.3, 0.4) is 0 Å². The third-order valence-corrected chi connectivity index (χ3v) is 4.70. The van der Waals surface area contributed by atoms with Gasteiger partial charge in [0.15, 0.2) is 5.54 Å². The SMILES string of the molecule is CCOC(=O)c1ccc(NC2=C[C@](C)(C(=O)OCC)N(c3ccccc3)C2=O)cc1. The monoisotopic (exact) mass is 408 g/mol. The molecule has 7 nitrogen and oxygen atoms in total. The average molecular weight is 408 g/mol. The van der Waals surface area contributed by atoms with Crippen molar-refractivity contribution in [3.8, 4) is 0 Å². The maximum Gasteiger partial charge on any atom is 0.338 e. The van der Waals surface area contributed by atoms with Crippen LogP contribution in [0.25, 0.3) is 0 Å². The highest BCUT2D eigenvalue weighted by molar-refractivity contribution is 6.16. The highest BCUT2D eigenvalue weighted by Gasteiger charge is 2.49. The Morgan fingerprint density at radius 3 is 2.20 bits per heavy atom. The number of anilines is 2. The molecule has 0 fully saturated rings. The molecule has 2 aromatic carbocycles. The molecule has 2 aromatic rings. The molecule has 0 saturated carbocycles. The maximum absolute atomic E-state index is 13.2. The summed E-state index contributed by atoms with van der Waals surface area (Å²) in [5.41, 5.74) is 0.559. The minimum atomic E-state index is -1.29. The molecule has 1 amide bonds. The second kappa shape index (κ2) is 8.82. The van der Waals surface area contributed by atoms with Gasteiger partial charge in [0, 0.05) is 11.4 Å². The second-order valence-corrected chi connectivity index (χ2v) is 6.82. The molecular weight excluding hydrogens is 384 g/mol. The quantitative estimate of drug-likeness (QED) is 0.706. The van der Waals surface area contributed by atoms with Gasteiger partial charge in [-0.15, -0.1) is 0 Å². The Hall–Kier alpha value is -3.61. The minimum absolute atomic E-state index is 0.206. The molecule has 1 heterocycles. The summed E-state index contributed by atoms with van der Waals surface area (Å²) in [6, 6.07) is 15.5. The lowest BCUT2D eigenvalue weighted by Crippen LogP contribution is -2.51. The molecule has 0 unspecified atom stereocenters. The number of benzene rings is 2. The minimum Gasteiger partial charge on any atom is -0.464 e. The van der Waals surface area contributed by atoms with Gasteiger partial charge in [-0.25, -0.2) is 9.59 Å². The van der Waals surface area contributed by atoms with E-state index < -0.39 is 17.5 Å². The van der Waals surface area contributed by atoms with Crippen LogP contribution in [-0.4, -0.2) is 36.6 Å². The third-order valence-electron chi connectivity index (χ3n) is 4.70. The standard InChI is InChI=1S/C23H24N2O5/c1-4-29-21(27)16-11-13-17(14-12-16)24-19-15-23(3,22(28)30-5-2)25(20(19)26)18-9-7-6-8-10-18/h6-15,24H,4-5H2,1-3H3/t23-/m1/s1. The molecule has 0 bridgehead atoms. The van der Waals surface area contributed by atoms with Gasteiger partial charge in [-0.3, -0.25) is 9.69 Å². The van der Waals surface area contributed by atoms with E-state index in [1.165, 1.54) is 4.90 Å². The molecule has 30 heavy (non-hydrogen) atoms. The molecule has 7 heteroatoms. The van der Waals surface area contributed by atoms with Crippen molar-refractivity contribution in [3.05, 3.63) is 71.9 Å². The Kier molecular flexibility index (Phi) is 6.20. The Morgan fingerprint density at radius 1 is 0.967 bits per heavy atom. The van der Waals surface area contributed by atoms with Crippen LogP contribution in [-0.2, 0) is 19.1 Å². The molecule has 1 atom stereocenters. The molecule has 1 N–H and O–H groups in total. The predicted octanol–water partition coefficient (Wildman–Crippen LogP) is 3.53. The van der Waals surface area contributed by atoms with E-state index in [0.29, 0.717) is 23.5 Å². The highest BCUT2D eigenvalue weighted by atomic mass is 16.5. The molecular formula is C23H24N2O5. The normalized spacial score (nSPS) is 18.0. The summed E-state index contributed by atoms with van der Waals surface area (Å²) in [7, 11) is 0. The fraction of sp³-hybridized carbons (Fsp3) is 0.261. The summed E-state index contributed by atoms with van der Waals surface area (Å²) in [6.07, 6.45) is 1.57. The lowest BCUT2D eigenvalue weighted by molar-refractivity contribution is -0.147. The number of nitrogens with one attached hydrogen (secondary N) is 1. The first kappa shape index (κ1) is 21.1. The number of amides is 1. The number of esters is 2.